The molecule has 0 radical (unpaired) electrons. The summed E-state index contributed by atoms with van der Waals surface area (Å²) >= 11 is 2.20. The zero-order valence-corrected chi connectivity index (χ0v) is 9.78. The first-order valence-corrected chi connectivity index (χ1v) is 5.52. The predicted octanol–water partition coefficient (Wildman–Crippen LogP) is 2.36. The fourth-order valence-corrected chi connectivity index (χ4v) is 1.50. The molecule has 0 saturated heterocycles. The highest BCUT2D eigenvalue weighted by Gasteiger charge is 2.05. The average molecular weight is 304 g/mol. The summed E-state index contributed by atoms with van der Waals surface area (Å²) < 4.78 is 5.68. The van der Waals surface area contributed by atoms with Crippen molar-refractivity contribution >= 4 is 34.8 Å². The van der Waals surface area contributed by atoms with Gasteiger partial charge < -0.3 is 4.74 Å². The summed E-state index contributed by atoms with van der Waals surface area (Å²) in [6, 6.07) is 5.19. The number of halogens is 1. The Kier molecular flexibility index (Phi) is 4.06. The molecule has 0 aliphatic rings. The van der Waals surface area contributed by atoms with Crippen LogP contribution in [0.1, 0.15) is 22.8 Å². The monoisotopic (exact) mass is 304 g/mol. The lowest BCUT2D eigenvalue weighted by Crippen LogP contribution is -2.03. The molecule has 0 saturated carbocycles. The fraction of sp³-hybridized carbons (Fsp3) is 0.200. The SMILES string of the molecule is CC(=O)Oc1ccc(CI)cc1C=O. The maximum atomic E-state index is 10.7. The average Bonchev–Trinajstić information content (AvgIpc) is 2.17. The van der Waals surface area contributed by atoms with Crippen molar-refractivity contribution in [2.75, 3.05) is 0 Å². The molecule has 0 fully saturated rings. The molecule has 0 aliphatic heterocycles. The van der Waals surface area contributed by atoms with Crippen molar-refractivity contribution in [2.45, 2.75) is 11.4 Å². The van der Waals surface area contributed by atoms with E-state index in [0.717, 1.165) is 9.99 Å². The van der Waals surface area contributed by atoms with Gasteiger partial charge in [-0.2, -0.15) is 0 Å². The Balaban J connectivity index is 3.04. The highest BCUT2D eigenvalue weighted by Crippen LogP contribution is 2.20. The van der Waals surface area contributed by atoms with Gasteiger partial charge in [-0.25, -0.2) is 0 Å². The molecule has 74 valence electrons. The van der Waals surface area contributed by atoms with Crippen LogP contribution in [-0.2, 0) is 9.22 Å². The second kappa shape index (κ2) is 5.09. The van der Waals surface area contributed by atoms with Gasteiger partial charge in [0.15, 0.2) is 6.29 Å². The van der Waals surface area contributed by atoms with Crippen LogP contribution >= 0.6 is 22.6 Å². The smallest absolute Gasteiger partial charge is 0.308 e. The lowest BCUT2D eigenvalue weighted by molar-refractivity contribution is -0.131. The van der Waals surface area contributed by atoms with E-state index in [2.05, 4.69) is 22.6 Å². The third-order valence-corrected chi connectivity index (χ3v) is 2.49. The molecule has 0 heterocycles. The maximum Gasteiger partial charge on any atom is 0.308 e. The molecule has 3 nitrogen and oxygen atoms in total. The molecule has 0 aromatic heterocycles. The molecule has 0 aliphatic carbocycles. The van der Waals surface area contributed by atoms with E-state index in [1.54, 1.807) is 12.1 Å². The maximum absolute atomic E-state index is 10.7. The summed E-state index contributed by atoms with van der Waals surface area (Å²) in [4.78, 5) is 21.4. The molecular formula is C10H9IO3. The van der Waals surface area contributed by atoms with Crippen molar-refractivity contribution in [1.82, 2.24) is 0 Å². The third kappa shape index (κ3) is 2.80. The molecular weight excluding hydrogens is 295 g/mol. The van der Waals surface area contributed by atoms with Gasteiger partial charge in [-0.05, 0) is 17.7 Å². The molecule has 1 aromatic rings. The molecule has 1 rings (SSSR count). The number of alkyl halides is 1. The first kappa shape index (κ1) is 11.2. The number of benzene rings is 1. The number of carbonyl (C=O) groups excluding carboxylic acids is 2. The van der Waals surface area contributed by atoms with Gasteiger partial charge in [0, 0.05) is 11.4 Å². The molecule has 0 N–H and O–H groups in total. The second-order valence-electron chi connectivity index (χ2n) is 2.72. The number of esters is 1. The molecule has 4 heteroatoms. The molecule has 0 spiro atoms. The van der Waals surface area contributed by atoms with Gasteiger partial charge in [0.1, 0.15) is 5.75 Å². The molecule has 0 bridgehead atoms. The van der Waals surface area contributed by atoms with Gasteiger partial charge in [-0.3, -0.25) is 9.59 Å². The second-order valence-corrected chi connectivity index (χ2v) is 3.48. The highest BCUT2D eigenvalue weighted by molar-refractivity contribution is 14.1. The van der Waals surface area contributed by atoms with Crippen LogP contribution < -0.4 is 4.74 Å². The summed E-state index contributed by atoms with van der Waals surface area (Å²) in [6.07, 6.45) is 0.689. The quantitative estimate of drug-likeness (QED) is 0.283. The molecule has 1 aromatic carbocycles. The van der Waals surface area contributed by atoms with Crippen molar-refractivity contribution in [3.8, 4) is 5.75 Å². The molecule has 0 amide bonds. The Morgan fingerprint density at radius 1 is 1.57 bits per heavy atom. The van der Waals surface area contributed by atoms with Crippen LogP contribution in [0.25, 0.3) is 0 Å². The summed E-state index contributed by atoms with van der Waals surface area (Å²) in [5, 5.41) is 0. The van der Waals surface area contributed by atoms with Gasteiger partial charge in [0.2, 0.25) is 0 Å². The summed E-state index contributed by atoms with van der Waals surface area (Å²) in [5.41, 5.74) is 1.44. The van der Waals surface area contributed by atoms with E-state index < -0.39 is 5.97 Å². The number of carbonyl (C=O) groups is 2. The standard InChI is InChI=1S/C10H9IO3/c1-7(13)14-10-3-2-8(5-11)4-9(10)6-12/h2-4,6H,5H2,1H3. The molecule has 14 heavy (non-hydrogen) atoms. The Morgan fingerprint density at radius 2 is 2.29 bits per heavy atom. The zero-order chi connectivity index (χ0) is 10.6. The van der Waals surface area contributed by atoms with E-state index >= 15 is 0 Å². The van der Waals surface area contributed by atoms with Crippen LogP contribution in [0.4, 0.5) is 0 Å². The zero-order valence-electron chi connectivity index (χ0n) is 7.62. The van der Waals surface area contributed by atoms with Crippen LogP contribution in [-0.4, -0.2) is 12.3 Å². The number of aldehydes is 1. The van der Waals surface area contributed by atoms with E-state index in [1.165, 1.54) is 6.92 Å². The Labute approximate surface area is 95.6 Å². The third-order valence-electron chi connectivity index (χ3n) is 1.61. The van der Waals surface area contributed by atoms with Gasteiger partial charge >= 0.3 is 5.97 Å². The minimum absolute atomic E-state index is 0.320. The Bertz CT molecular complexity index is 360. The van der Waals surface area contributed by atoms with Crippen molar-refractivity contribution in [3.63, 3.8) is 0 Å². The number of hydrogen-bond acceptors (Lipinski definition) is 3. The topological polar surface area (TPSA) is 43.4 Å². The summed E-state index contributed by atoms with van der Waals surface area (Å²) in [5.74, 6) is -0.101. The van der Waals surface area contributed by atoms with Crippen LogP contribution in [0.2, 0.25) is 0 Å². The lowest BCUT2D eigenvalue weighted by atomic mass is 10.1. The van der Waals surface area contributed by atoms with E-state index in [0.29, 0.717) is 17.6 Å². The normalized spacial score (nSPS) is 9.57. The van der Waals surface area contributed by atoms with E-state index in [4.69, 9.17) is 4.74 Å². The van der Waals surface area contributed by atoms with Gasteiger partial charge in [0.25, 0.3) is 0 Å². The van der Waals surface area contributed by atoms with E-state index in [-0.39, 0.29) is 0 Å². The Hall–Kier alpha value is -0.910. The summed E-state index contributed by atoms with van der Waals surface area (Å²) in [7, 11) is 0. The minimum Gasteiger partial charge on any atom is -0.426 e. The predicted molar refractivity (Wildman–Crippen MR) is 60.9 cm³/mol. The van der Waals surface area contributed by atoms with Crippen molar-refractivity contribution in [3.05, 3.63) is 29.3 Å². The number of hydrogen-bond donors (Lipinski definition) is 0. The van der Waals surface area contributed by atoms with E-state index in [1.807, 2.05) is 6.07 Å². The van der Waals surface area contributed by atoms with Crippen LogP contribution in [0.5, 0.6) is 5.75 Å². The van der Waals surface area contributed by atoms with Gasteiger partial charge in [-0.1, -0.05) is 28.7 Å². The lowest BCUT2D eigenvalue weighted by Gasteiger charge is -2.05. The largest absolute Gasteiger partial charge is 0.426 e. The fourth-order valence-electron chi connectivity index (χ4n) is 1.02. The first-order valence-electron chi connectivity index (χ1n) is 4.00. The van der Waals surface area contributed by atoms with E-state index in [9.17, 15) is 9.59 Å². The first-order chi connectivity index (χ1) is 6.67. The number of ether oxygens (including phenoxy) is 1. The summed E-state index contributed by atoms with van der Waals surface area (Å²) in [6.45, 7) is 1.31. The molecule has 0 atom stereocenters. The van der Waals surface area contributed by atoms with Gasteiger partial charge in [-0.15, -0.1) is 0 Å². The van der Waals surface area contributed by atoms with Crippen LogP contribution in [0.3, 0.4) is 0 Å². The minimum atomic E-state index is -0.421. The molecule has 0 unspecified atom stereocenters. The Morgan fingerprint density at radius 3 is 2.79 bits per heavy atom. The van der Waals surface area contributed by atoms with Gasteiger partial charge in [0.05, 0.1) is 5.56 Å². The van der Waals surface area contributed by atoms with Crippen LogP contribution in [0, 0.1) is 0 Å². The van der Waals surface area contributed by atoms with Crippen molar-refractivity contribution in [2.24, 2.45) is 0 Å². The number of rotatable bonds is 3. The van der Waals surface area contributed by atoms with Crippen LogP contribution in [0.15, 0.2) is 18.2 Å². The van der Waals surface area contributed by atoms with Crippen molar-refractivity contribution < 1.29 is 14.3 Å². The highest BCUT2D eigenvalue weighted by atomic mass is 127. The van der Waals surface area contributed by atoms with Crippen molar-refractivity contribution in [1.29, 1.82) is 0 Å².